The number of carbonyl (C=O) groups excluding carboxylic acids is 4. The van der Waals surface area contributed by atoms with Crippen LogP contribution in [0, 0.1) is 29.6 Å². The average Bonchev–Trinajstić information content (AvgIpc) is 3.58. The first-order valence-electron chi connectivity index (χ1n) is 11.3. The number of nitrogens with zero attached hydrogens (tertiary/aromatic N) is 2. The molecule has 0 N–H and O–H groups in total. The number of hydrogen-bond donors (Lipinski definition) is 0. The summed E-state index contributed by atoms with van der Waals surface area (Å²) in [6.45, 7) is 0.210. The number of esters is 1. The molecule has 0 aromatic heterocycles. The maximum absolute atomic E-state index is 13.1. The zero-order valence-electron chi connectivity index (χ0n) is 18.1. The van der Waals surface area contributed by atoms with E-state index in [0.717, 1.165) is 6.42 Å². The Morgan fingerprint density at radius 2 is 1.59 bits per heavy atom. The van der Waals surface area contributed by atoms with Crippen LogP contribution in [0.4, 0.5) is 11.4 Å². The maximum Gasteiger partial charge on any atom is 0.316 e. The Morgan fingerprint density at radius 3 is 2.26 bits per heavy atom. The highest BCUT2D eigenvalue weighted by atomic mass is 35.5. The number of allylic oxidation sites excluding steroid dienone is 2. The first-order chi connectivity index (χ1) is 16.4. The van der Waals surface area contributed by atoms with Crippen LogP contribution in [0.25, 0.3) is 0 Å². The van der Waals surface area contributed by atoms with Crippen molar-refractivity contribution < 1.29 is 23.9 Å². The van der Waals surface area contributed by atoms with Crippen molar-refractivity contribution in [3.63, 3.8) is 0 Å². The highest BCUT2D eigenvalue weighted by Gasteiger charge is 2.59. The van der Waals surface area contributed by atoms with Crippen LogP contribution >= 0.6 is 11.6 Å². The van der Waals surface area contributed by atoms with Gasteiger partial charge in [0.2, 0.25) is 17.7 Å². The van der Waals surface area contributed by atoms with E-state index in [0.29, 0.717) is 16.4 Å². The van der Waals surface area contributed by atoms with Gasteiger partial charge in [-0.25, -0.2) is 4.90 Å². The largest absolute Gasteiger partial charge is 0.426 e. The highest BCUT2D eigenvalue weighted by Crippen LogP contribution is 2.53. The summed E-state index contributed by atoms with van der Waals surface area (Å²) in [4.78, 5) is 54.2. The molecule has 2 heterocycles. The second-order valence-electron chi connectivity index (χ2n) is 9.31. The summed E-state index contributed by atoms with van der Waals surface area (Å²) >= 11 is 5.92. The maximum atomic E-state index is 13.1. The molecule has 2 aromatic carbocycles. The number of rotatable bonds is 4. The average molecular weight is 477 g/mol. The molecule has 2 saturated heterocycles. The standard InChI is InChI=1S/C26H21ClN2O5/c27-17-6-8-18(9-7-17)28-13-16(11-21(28)30)26(33)34-20-3-1-2-19(12-20)29-24(31)22-14-4-5-15(10-14)23(22)25(29)32/h1-9,12,14-16,22-23H,10-11,13H2/t14-,15-,16+,22+,23+/m0/s1. The zero-order chi connectivity index (χ0) is 23.6. The molecular weight excluding hydrogens is 456 g/mol. The number of ether oxygens (including phenoxy) is 1. The molecule has 1 saturated carbocycles. The molecule has 2 aliphatic carbocycles. The van der Waals surface area contributed by atoms with Gasteiger partial charge >= 0.3 is 5.97 Å². The quantitative estimate of drug-likeness (QED) is 0.291. The van der Waals surface area contributed by atoms with Crippen molar-refractivity contribution in [2.75, 3.05) is 16.3 Å². The monoisotopic (exact) mass is 476 g/mol. The van der Waals surface area contributed by atoms with Gasteiger partial charge in [0.15, 0.2) is 0 Å². The number of hydrogen-bond acceptors (Lipinski definition) is 5. The third kappa shape index (κ3) is 3.26. The fourth-order valence-electron chi connectivity index (χ4n) is 5.78. The van der Waals surface area contributed by atoms with Gasteiger partial charge in [-0.2, -0.15) is 0 Å². The van der Waals surface area contributed by atoms with Gasteiger partial charge < -0.3 is 9.64 Å². The number of benzene rings is 2. The van der Waals surface area contributed by atoms with Gasteiger partial charge in [0.05, 0.1) is 23.4 Å². The van der Waals surface area contributed by atoms with E-state index in [2.05, 4.69) is 12.2 Å². The van der Waals surface area contributed by atoms with E-state index < -0.39 is 11.9 Å². The van der Waals surface area contributed by atoms with E-state index in [1.807, 2.05) is 0 Å². The fraction of sp³-hybridized carbons (Fsp3) is 0.308. The van der Waals surface area contributed by atoms with Gasteiger partial charge in [0, 0.05) is 29.7 Å². The van der Waals surface area contributed by atoms with Crippen LogP contribution in [0.3, 0.4) is 0 Å². The van der Waals surface area contributed by atoms with Crippen molar-refractivity contribution in [3.05, 3.63) is 65.7 Å². The van der Waals surface area contributed by atoms with Crippen molar-refractivity contribution in [2.24, 2.45) is 29.6 Å². The summed E-state index contributed by atoms with van der Waals surface area (Å²) in [7, 11) is 0. The third-order valence-corrected chi connectivity index (χ3v) is 7.61. The van der Waals surface area contributed by atoms with Gasteiger partial charge in [-0.15, -0.1) is 0 Å². The van der Waals surface area contributed by atoms with Gasteiger partial charge in [-0.3, -0.25) is 19.2 Å². The molecule has 0 radical (unpaired) electrons. The van der Waals surface area contributed by atoms with Gasteiger partial charge in [-0.1, -0.05) is 29.8 Å². The van der Waals surface area contributed by atoms with Crippen molar-refractivity contribution >= 4 is 46.7 Å². The molecule has 6 rings (SSSR count). The minimum Gasteiger partial charge on any atom is -0.426 e. The lowest BCUT2D eigenvalue weighted by atomic mass is 9.85. The Bertz CT molecular complexity index is 1230. The van der Waals surface area contributed by atoms with E-state index >= 15 is 0 Å². The van der Waals surface area contributed by atoms with Crippen LogP contribution in [0.15, 0.2) is 60.7 Å². The summed E-state index contributed by atoms with van der Waals surface area (Å²) < 4.78 is 5.57. The molecule has 2 aromatic rings. The Morgan fingerprint density at radius 1 is 0.912 bits per heavy atom. The number of fused-ring (bicyclic) bond motifs is 5. The first-order valence-corrected chi connectivity index (χ1v) is 11.7. The highest BCUT2D eigenvalue weighted by molar-refractivity contribution is 6.30. The van der Waals surface area contributed by atoms with Gasteiger partial charge in [-0.05, 0) is 54.7 Å². The topological polar surface area (TPSA) is 84.0 Å². The molecule has 4 aliphatic rings. The minimum absolute atomic E-state index is 0.0450. The molecular formula is C26H21ClN2O5. The summed E-state index contributed by atoms with van der Waals surface area (Å²) in [6.07, 6.45) is 5.01. The molecule has 0 spiro atoms. The predicted molar refractivity (Wildman–Crippen MR) is 124 cm³/mol. The molecule has 5 atom stereocenters. The molecule has 3 amide bonds. The minimum atomic E-state index is -0.622. The Kier molecular flexibility index (Phi) is 4.85. The number of anilines is 2. The van der Waals surface area contributed by atoms with E-state index in [1.54, 1.807) is 47.4 Å². The van der Waals surface area contributed by atoms with Crippen molar-refractivity contribution in [1.82, 2.24) is 0 Å². The lowest BCUT2D eigenvalue weighted by Crippen LogP contribution is -2.32. The fourth-order valence-corrected chi connectivity index (χ4v) is 5.90. The summed E-state index contributed by atoms with van der Waals surface area (Å²) in [5.41, 5.74) is 1.08. The Labute approximate surface area is 200 Å². The number of carbonyl (C=O) groups is 4. The molecule has 2 bridgehead atoms. The molecule has 172 valence electrons. The lowest BCUT2D eigenvalue weighted by molar-refractivity contribution is -0.139. The van der Waals surface area contributed by atoms with E-state index in [9.17, 15) is 19.2 Å². The second-order valence-corrected chi connectivity index (χ2v) is 9.75. The second kappa shape index (κ2) is 7.81. The summed E-state index contributed by atoms with van der Waals surface area (Å²) in [5.74, 6) is -1.79. The van der Waals surface area contributed by atoms with Crippen molar-refractivity contribution in [3.8, 4) is 5.75 Å². The van der Waals surface area contributed by atoms with Crippen molar-refractivity contribution in [2.45, 2.75) is 12.8 Å². The first kappa shape index (κ1) is 21.1. The van der Waals surface area contributed by atoms with Crippen LogP contribution in [0.2, 0.25) is 5.02 Å². The Balaban J connectivity index is 1.16. The molecule has 8 heteroatoms. The number of imide groups is 1. The predicted octanol–water partition coefficient (Wildman–Crippen LogP) is 3.61. The normalized spacial score (nSPS) is 29.3. The molecule has 0 unspecified atom stereocenters. The van der Waals surface area contributed by atoms with Crippen LogP contribution < -0.4 is 14.5 Å². The van der Waals surface area contributed by atoms with Crippen LogP contribution in [0.1, 0.15) is 12.8 Å². The van der Waals surface area contributed by atoms with Crippen LogP contribution in [0.5, 0.6) is 5.75 Å². The van der Waals surface area contributed by atoms with Crippen molar-refractivity contribution in [1.29, 1.82) is 0 Å². The van der Waals surface area contributed by atoms with Crippen LogP contribution in [-0.2, 0) is 19.2 Å². The van der Waals surface area contributed by atoms with E-state index in [1.165, 1.54) is 11.0 Å². The molecule has 2 aliphatic heterocycles. The molecule has 3 fully saturated rings. The van der Waals surface area contributed by atoms with Gasteiger partial charge in [0.25, 0.3) is 0 Å². The third-order valence-electron chi connectivity index (χ3n) is 7.36. The smallest absolute Gasteiger partial charge is 0.316 e. The molecule has 34 heavy (non-hydrogen) atoms. The van der Waals surface area contributed by atoms with Crippen LogP contribution in [-0.4, -0.2) is 30.2 Å². The van der Waals surface area contributed by atoms with Gasteiger partial charge in [0.1, 0.15) is 5.75 Å². The lowest BCUT2D eigenvalue weighted by Gasteiger charge is -2.18. The van der Waals surface area contributed by atoms with E-state index in [-0.39, 0.29) is 60.1 Å². The summed E-state index contributed by atoms with van der Waals surface area (Å²) in [6, 6.07) is 13.3. The summed E-state index contributed by atoms with van der Waals surface area (Å²) in [5, 5.41) is 0.564. The number of amides is 3. The Hall–Kier alpha value is -3.45. The molecule has 7 nitrogen and oxygen atoms in total. The SMILES string of the molecule is O=C(Oc1cccc(N2C(=O)[C@H]3[C@H](C2=O)[C@H]2C=C[C@H]3C2)c1)[C@@H]1CC(=O)N(c2ccc(Cl)cc2)C1. The zero-order valence-corrected chi connectivity index (χ0v) is 18.9. The number of halogens is 1. The van der Waals surface area contributed by atoms with E-state index in [4.69, 9.17) is 16.3 Å².